The third-order valence-corrected chi connectivity index (χ3v) is 3.60. The quantitative estimate of drug-likeness (QED) is 0.779. The second-order valence-corrected chi connectivity index (χ2v) is 5.14. The summed E-state index contributed by atoms with van der Waals surface area (Å²) in [6, 6.07) is 2.15. The van der Waals surface area contributed by atoms with Gasteiger partial charge in [-0.2, -0.15) is 0 Å². The summed E-state index contributed by atoms with van der Waals surface area (Å²) in [5.41, 5.74) is -0.415. The first-order valence-corrected chi connectivity index (χ1v) is 6.58. The molecular formula is C14H17F3N2O. The molecule has 0 spiro atoms. The van der Waals surface area contributed by atoms with Crippen molar-refractivity contribution < 1.29 is 18.0 Å². The topological polar surface area (TPSA) is 23.6 Å². The van der Waals surface area contributed by atoms with Crippen LogP contribution in [0.2, 0.25) is 0 Å². The van der Waals surface area contributed by atoms with Gasteiger partial charge in [0.05, 0.1) is 5.56 Å². The Kier molecular flexibility index (Phi) is 4.32. The zero-order chi connectivity index (χ0) is 14.9. The van der Waals surface area contributed by atoms with Crippen molar-refractivity contribution in [2.45, 2.75) is 19.9 Å². The van der Waals surface area contributed by atoms with Gasteiger partial charge in [-0.15, -0.1) is 0 Å². The molecule has 1 aromatic carbocycles. The average molecular weight is 286 g/mol. The Morgan fingerprint density at radius 3 is 2.20 bits per heavy atom. The van der Waals surface area contributed by atoms with Gasteiger partial charge in [0.25, 0.3) is 5.91 Å². The molecule has 1 saturated heterocycles. The van der Waals surface area contributed by atoms with Crippen LogP contribution in [0, 0.1) is 17.5 Å². The molecule has 0 radical (unpaired) electrons. The average Bonchev–Trinajstić information content (AvgIpc) is 2.44. The van der Waals surface area contributed by atoms with Gasteiger partial charge in [0, 0.05) is 32.2 Å². The first-order valence-electron chi connectivity index (χ1n) is 6.58. The minimum Gasteiger partial charge on any atom is -0.336 e. The number of amides is 1. The predicted molar refractivity (Wildman–Crippen MR) is 68.9 cm³/mol. The molecule has 110 valence electrons. The molecule has 1 fully saturated rings. The van der Waals surface area contributed by atoms with Crippen LogP contribution in [0.15, 0.2) is 12.1 Å². The lowest BCUT2D eigenvalue weighted by Crippen LogP contribution is -2.50. The molecule has 3 nitrogen and oxygen atoms in total. The third-order valence-electron chi connectivity index (χ3n) is 3.60. The minimum absolute atomic E-state index is 0.382. The lowest BCUT2D eigenvalue weighted by atomic mass is 10.1. The first-order chi connectivity index (χ1) is 9.41. The maximum Gasteiger partial charge on any atom is 0.257 e. The molecular weight excluding hydrogens is 269 g/mol. The number of carbonyl (C=O) groups excluding carboxylic acids is 1. The molecule has 0 aliphatic carbocycles. The number of piperazine rings is 1. The zero-order valence-electron chi connectivity index (χ0n) is 11.5. The number of rotatable bonds is 2. The molecule has 1 aromatic rings. The Morgan fingerprint density at radius 2 is 1.65 bits per heavy atom. The minimum atomic E-state index is -1.60. The monoisotopic (exact) mass is 286 g/mol. The van der Waals surface area contributed by atoms with Gasteiger partial charge in [-0.05, 0) is 26.0 Å². The van der Waals surface area contributed by atoms with Crippen LogP contribution in [-0.2, 0) is 0 Å². The number of hydrogen-bond donors (Lipinski definition) is 0. The molecule has 0 atom stereocenters. The van der Waals surface area contributed by atoms with Gasteiger partial charge in [0.1, 0.15) is 0 Å². The van der Waals surface area contributed by atoms with E-state index in [1.807, 2.05) is 0 Å². The fraction of sp³-hybridized carbons (Fsp3) is 0.500. The highest BCUT2D eigenvalue weighted by Crippen LogP contribution is 2.18. The number of halogens is 3. The van der Waals surface area contributed by atoms with Gasteiger partial charge in [-0.1, -0.05) is 0 Å². The van der Waals surface area contributed by atoms with Gasteiger partial charge >= 0.3 is 0 Å². The Balaban J connectivity index is 2.12. The SMILES string of the molecule is CC(C)N1CCN(C(=O)c2ccc(F)c(F)c2F)CC1. The van der Waals surface area contributed by atoms with Crippen LogP contribution < -0.4 is 0 Å². The van der Waals surface area contributed by atoms with E-state index in [2.05, 4.69) is 18.7 Å². The van der Waals surface area contributed by atoms with Gasteiger partial charge in [0.15, 0.2) is 17.5 Å². The Labute approximate surface area is 116 Å². The molecule has 2 rings (SSSR count). The van der Waals surface area contributed by atoms with E-state index in [1.54, 1.807) is 0 Å². The number of carbonyl (C=O) groups is 1. The van der Waals surface area contributed by atoms with Gasteiger partial charge in [-0.25, -0.2) is 13.2 Å². The fourth-order valence-electron chi connectivity index (χ4n) is 2.30. The molecule has 1 heterocycles. The summed E-state index contributed by atoms with van der Waals surface area (Å²) in [5.74, 6) is -4.90. The molecule has 0 aromatic heterocycles. The molecule has 0 bridgehead atoms. The largest absolute Gasteiger partial charge is 0.336 e. The Morgan fingerprint density at radius 1 is 1.05 bits per heavy atom. The van der Waals surface area contributed by atoms with E-state index in [-0.39, 0.29) is 0 Å². The van der Waals surface area contributed by atoms with Crippen LogP contribution in [-0.4, -0.2) is 47.9 Å². The van der Waals surface area contributed by atoms with Crippen molar-refractivity contribution in [3.05, 3.63) is 35.1 Å². The maximum absolute atomic E-state index is 13.6. The van der Waals surface area contributed by atoms with Crippen LogP contribution >= 0.6 is 0 Å². The maximum atomic E-state index is 13.6. The normalized spacial score (nSPS) is 16.8. The molecule has 0 unspecified atom stereocenters. The molecule has 0 N–H and O–H groups in total. The van der Waals surface area contributed by atoms with Crippen LogP contribution in [0.3, 0.4) is 0 Å². The van der Waals surface area contributed by atoms with Crippen molar-refractivity contribution in [3.63, 3.8) is 0 Å². The van der Waals surface area contributed by atoms with Crippen molar-refractivity contribution in [3.8, 4) is 0 Å². The van der Waals surface area contributed by atoms with Gasteiger partial charge < -0.3 is 4.90 Å². The van der Waals surface area contributed by atoms with E-state index in [4.69, 9.17) is 0 Å². The predicted octanol–water partition coefficient (Wildman–Crippen LogP) is 2.27. The summed E-state index contributed by atoms with van der Waals surface area (Å²) >= 11 is 0. The van der Waals surface area contributed by atoms with E-state index in [1.165, 1.54) is 4.90 Å². The lowest BCUT2D eigenvalue weighted by molar-refractivity contribution is 0.0590. The summed E-state index contributed by atoms with van der Waals surface area (Å²) in [4.78, 5) is 15.8. The summed E-state index contributed by atoms with van der Waals surface area (Å²) in [6.45, 7) is 6.41. The standard InChI is InChI=1S/C14H17F3N2O/c1-9(2)18-5-7-19(8-6-18)14(20)10-3-4-11(15)13(17)12(10)16/h3-4,9H,5-8H2,1-2H3. The van der Waals surface area contributed by atoms with Crippen LogP contribution in [0.5, 0.6) is 0 Å². The molecule has 6 heteroatoms. The second kappa shape index (κ2) is 5.83. The van der Waals surface area contributed by atoms with E-state index in [0.29, 0.717) is 32.2 Å². The van der Waals surface area contributed by atoms with Crippen molar-refractivity contribution in [1.82, 2.24) is 9.80 Å². The second-order valence-electron chi connectivity index (χ2n) is 5.14. The summed E-state index contributed by atoms with van der Waals surface area (Å²) in [7, 11) is 0. The Hall–Kier alpha value is -1.56. The highest BCUT2D eigenvalue weighted by molar-refractivity contribution is 5.94. The van der Waals surface area contributed by atoms with Crippen molar-refractivity contribution >= 4 is 5.91 Å². The van der Waals surface area contributed by atoms with E-state index in [9.17, 15) is 18.0 Å². The zero-order valence-corrected chi connectivity index (χ0v) is 11.5. The Bertz CT molecular complexity index is 511. The molecule has 1 aliphatic heterocycles. The van der Waals surface area contributed by atoms with E-state index in [0.717, 1.165) is 12.1 Å². The summed E-state index contributed by atoms with van der Waals surface area (Å²) < 4.78 is 39.6. The summed E-state index contributed by atoms with van der Waals surface area (Å²) in [5, 5.41) is 0. The third kappa shape index (κ3) is 2.80. The van der Waals surface area contributed by atoms with Gasteiger partial charge in [-0.3, -0.25) is 9.69 Å². The van der Waals surface area contributed by atoms with Crippen molar-refractivity contribution in [2.24, 2.45) is 0 Å². The molecule has 0 saturated carbocycles. The summed E-state index contributed by atoms with van der Waals surface area (Å²) in [6.07, 6.45) is 0. The van der Waals surface area contributed by atoms with E-state index < -0.39 is 28.9 Å². The van der Waals surface area contributed by atoms with Gasteiger partial charge in [0.2, 0.25) is 0 Å². The fourth-order valence-corrected chi connectivity index (χ4v) is 2.30. The molecule has 20 heavy (non-hydrogen) atoms. The highest BCUT2D eigenvalue weighted by atomic mass is 19.2. The van der Waals surface area contributed by atoms with Crippen LogP contribution in [0.1, 0.15) is 24.2 Å². The smallest absolute Gasteiger partial charge is 0.257 e. The van der Waals surface area contributed by atoms with Crippen molar-refractivity contribution in [2.75, 3.05) is 26.2 Å². The number of nitrogens with zero attached hydrogens (tertiary/aromatic N) is 2. The van der Waals surface area contributed by atoms with Crippen LogP contribution in [0.4, 0.5) is 13.2 Å². The highest BCUT2D eigenvalue weighted by Gasteiger charge is 2.26. The number of hydrogen-bond acceptors (Lipinski definition) is 2. The number of benzene rings is 1. The molecule has 1 amide bonds. The van der Waals surface area contributed by atoms with Crippen molar-refractivity contribution in [1.29, 1.82) is 0 Å². The van der Waals surface area contributed by atoms with Crippen LogP contribution in [0.25, 0.3) is 0 Å². The first kappa shape index (κ1) is 14.8. The lowest BCUT2D eigenvalue weighted by Gasteiger charge is -2.37. The molecule has 1 aliphatic rings. The van der Waals surface area contributed by atoms with E-state index >= 15 is 0 Å².